The van der Waals surface area contributed by atoms with Gasteiger partial charge in [-0.1, -0.05) is 19.1 Å². The Balaban J connectivity index is 2.98. The molecule has 108 valence electrons. The first-order chi connectivity index (χ1) is 10.1. The number of aldehydes is 1. The minimum Gasteiger partial charge on any atom is -0.399 e. The van der Waals surface area contributed by atoms with E-state index in [4.69, 9.17) is 11.0 Å². The molecule has 0 amide bonds. The molecular formula is C17H19N3O. The average molecular weight is 281 g/mol. The zero-order chi connectivity index (χ0) is 15.7. The summed E-state index contributed by atoms with van der Waals surface area (Å²) in [6.45, 7) is 3.71. The number of benzene rings is 1. The van der Waals surface area contributed by atoms with Crippen molar-refractivity contribution in [3.63, 3.8) is 0 Å². The summed E-state index contributed by atoms with van der Waals surface area (Å²) in [5.74, 6) is 0. The van der Waals surface area contributed by atoms with Crippen LogP contribution >= 0.6 is 0 Å². The molecule has 0 aliphatic carbocycles. The largest absolute Gasteiger partial charge is 0.399 e. The third kappa shape index (κ3) is 5.79. The molecule has 3 N–H and O–H groups in total. The fourth-order valence-electron chi connectivity index (χ4n) is 1.72. The zero-order valence-electron chi connectivity index (χ0n) is 12.3. The highest BCUT2D eigenvalue weighted by molar-refractivity contribution is 5.73. The van der Waals surface area contributed by atoms with Crippen molar-refractivity contribution in [1.29, 1.82) is 5.26 Å². The van der Waals surface area contributed by atoms with Gasteiger partial charge in [0.2, 0.25) is 0 Å². The van der Waals surface area contributed by atoms with Gasteiger partial charge in [-0.2, -0.15) is 5.26 Å². The van der Waals surface area contributed by atoms with Gasteiger partial charge in [0.05, 0.1) is 11.6 Å². The normalized spacial score (nSPS) is 12.7. The van der Waals surface area contributed by atoms with E-state index in [1.54, 1.807) is 31.2 Å². The fourth-order valence-corrected chi connectivity index (χ4v) is 1.72. The summed E-state index contributed by atoms with van der Waals surface area (Å²) in [6.07, 6.45) is 6.95. The SMILES string of the molecule is CC/C=C(/C=C(N)\C=C(/C)C=O)Nc1cccc(C#N)c1. The zero-order valence-corrected chi connectivity index (χ0v) is 12.3. The topological polar surface area (TPSA) is 78.9 Å². The third-order valence-electron chi connectivity index (χ3n) is 2.61. The van der Waals surface area contributed by atoms with E-state index in [2.05, 4.69) is 11.4 Å². The van der Waals surface area contributed by atoms with E-state index < -0.39 is 0 Å². The second-order valence-electron chi connectivity index (χ2n) is 4.54. The van der Waals surface area contributed by atoms with Crippen LogP contribution in [0.2, 0.25) is 0 Å². The maximum Gasteiger partial charge on any atom is 0.145 e. The second-order valence-corrected chi connectivity index (χ2v) is 4.54. The van der Waals surface area contributed by atoms with Gasteiger partial charge in [0.15, 0.2) is 0 Å². The molecule has 1 rings (SSSR count). The Morgan fingerprint density at radius 3 is 2.81 bits per heavy atom. The Kier molecular flexibility index (Phi) is 6.49. The molecule has 0 saturated carbocycles. The van der Waals surface area contributed by atoms with Crippen LogP contribution in [0.3, 0.4) is 0 Å². The number of nitrogens with one attached hydrogen (secondary N) is 1. The van der Waals surface area contributed by atoms with Crippen LogP contribution in [0.1, 0.15) is 25.8 Å². The van der Waals surface area contributed by atoms with E-state index in [9.17, 15) is 4.79 Å². The molecule has 0 aliphatic rings. The minimum atomic E-state index is 0.489. The van der Waals surface area contributed by atoms with Crippen LogP contribution < -0.4 is 11.1 Å². The summed E-state index contributed by atoms with van der Waals surface area (Å²) in [6, 6.07) is 9.30. The van der Waals surface area contributed by atoms with Crippen LogP contribution in [0, 0.1) is 11.3 Å². The standard InChI is InChI=1S/C17H19N3O/c1-3-5-16(10-15(19)8-13(2)12-21)20-17-7-4-6-14(9-17)11-18/h4-10,12,20H,3,19H2,1-2H3/b13-8+,15-10+,16-5-. The quantitative estimate of drug-likeness (QED) is 0.476. The van der Waals surface area contributed by atoms with Crippen molar-refractivity contribution in [3.8, 4) is 6.07 Å². The summed E-state index contributed by atoms with van der Waals surface area (Å²) in [4.78, 5) is 10.6. The predicted octanol–water partition coefficient (Wildman–Crippen LogP) is 3.25. The molecule has 0 bridgehead atoms. The predicted molar refractivity (Wildman–Crippen MR) is 85.2 cm³/mol. The lowest BCUT2D eigenvalue weighted by Crippen LogP contribution is -2.02. The lowest BCUT2D eigenvalue weighted by atomic mass is 10.2. The highest BCUT2D eigenvalue weighted by Crippen LogP contribution is 2.14. The molecule has 4 heteroatoms. The maximum absolute atomic E-state index is 10.6. The maximum atomic E-state index is 10.6. The van der Waals surface area contributed by atoms with E-state index in [1.165, 1.54) is 0 Å². The Morgan fingerprint density at radius 1 is 1.43 bits per heavy atom. The first-order valence-electron chi connectivity index (χ1n) is 6.67. The first-order valence-corrected chi connectivity index (χ1v) is 6.67. The van der Waals surface area contributed by atoms with Crippen LogP contribution in [0.15, 0.2) is 59.5 Å². The molecule has 0 spiro atoms. The summed E-state index contributed by atoms with van der Waals surface area (Å²) in [7, 11) is 0. The molecule has 4 nitrogen and oxygen atoms in total. The van der Waals surface area contributed by atoms with Gasteiger partial charge in [-0.25, -0.2) is 0 Å². The molecule has 0 atom stereocenters. The van der Waals surface area contributed by atoms with Gasteiger partial charge >= 0.3 is 0 Å². The van der Waals surface area contributed by atoms with Crippen LogP contribution in [-0.4, -0.2) is 6.29 Å². The number of nitriles is 1. The van der Waals surface area contributed by atoms with Crippen molar-refractivity contribution in [1.82, 2.24) is 0 Å². The highest BCUT2D eigenvalue weighted by Gasteiger charge is 1.98. The molecule has 0 heterocycles. The molecule has 1 aromatic rings. The third-order valence-corrected chi connectivity index (χ3v) is 2.61. The van der Waals surface area contributed by atoms with Gasteiger partial charge in [0.1, 0.15) is 6.29 Å². The molecule has 21 heavy (non-hydrogen) atoms. The highest BCUT2D eigenvalue weighted by atomic mass is 16.1. The van der Waals surface area contributed by atoms with Crippen LogP contribution in [0.5, 0.6) is 0 Å². The lowest BCUT2D eigenvalue weighted by Gasteiger charge is -2.08. The smallest absolute Gasteiger partial charge is 0.145 e. The lowest BCUT2D eigenvalue weighted by molar-refractivity contribution is -0.104. The molecule has 0 aliphatic heterocycles. The summed E-state index contributed by atoms with van der Waals surface area (Å²) in [5.41, 5.74) is 9.15. The number of hydrogen-bond donors (Lipinski definition) is 2. The molecule has 0 radical (unpaired) electrons. The van der Waals surface area contributed by atoms with Crippen molar-refractivity contribution in [3.05, 3.63) is 65.0 Å². The number of anilines is 1. The number of carbonyl (C=O) groups excluding carboxylic acids is 1. The van der Waals surface area contributed by atoms with Crippen LogP contribution in [-0.2, 0) is 4.79 Å². The van der Waals surface area contributed by atoms with E-state index in [-0.39, 0.29) is 0 Å². The molecule has 0 fully saturated rings. The van der Waals surface area contributed by atoms with Crippen LogP contribution in [0.4, 0.5) is 5.69 Å². The number of allylic oxidation sites excluding steroid dienone is 4. The van der Waals surface area contributed by atoms with Crippen LogP contribution in [0.25, 0.3) is 0 Å². The van der Waals surface area contributed by atoms with Crippen molar-refractivity contribution >= 4 is 12.0 Å². The molecule has 0 unspecified atom stereocenters. The van der Waals surface area contributed by atoms with Crippen molar-refractivity contribution in [2.24, 2.45) is 5.73 Å². The summed E-state index contributed by atoms with van der Waals surface area (Å²) in [5, 5.41) is 12.1. The number of rotatable bonds is 6. The Morgan fingerprint density at radius 2 is 2.19 bits per heavy atom. The van der Waals surface area contributed by atoms with E-state index in [1.807, 2.05) is 25.1 Å². The summed E-state index contributed by atoms with van der Waals surface area (Å²) >= 11 is 0. The monoisotopic (exact) mass is 281 g/mol. The first kappa shape index (κ1) is 16.3. The fraction of sp³-hybridized carbons (Fsp3) is 0.176. The molecular weight excluding hydrogens is 262 g/mol. The van der Waals surface area contributed by atoms with Gasteiger partial charge in [-0.15, -0.1) is 0 Å². The number of nitrogens with two attached hydrogens (primary N) is 1. The van der Waals surface area contributed by atoms with Gasteiger partial charge in [-0.05, 0) is 49.3 Å². The van der Waals surface area contributed by atoms with Gasteiger partial charge < -0.3 is 11.1 Å². The van der Waals surface area contributed by atoms with E-state index >= 15 is 0 Å². The van der Waals surface area contributed by atoms with Gasteiger partial charge in [0, 0.05) is 17.1 Å². The van der Waals surface area contributed by atoms with Crippen molar-refractivity contribution in [2.75, 3.05) is 5.32 Å². The molecule has 1 aromatic carbocycles. The van der Waals surface area contributed by atoms with Gasteiger partial charge in [0.25, 0.3) is 0 Å². The number of carbonyl (C=O) groups is 1. The van der Waals surface area contributed by atoms with Gasteiger partial charge in [-0.3, -0.25) is 4.79 Å². The number of nitrogens with zero attached hydrogens (tertiary/aromatic N) is 1. The van der Waals surface area contributed by atoms with Crippen molar-refractivity contribution in [2.45, 2.75) is 20.3 Å². The van der Waals surface area contributed by atoms with E-state index in [0.29, 0.717) is 16.8 Å². The van der Waals surface area contributed by atoms with E-state index in [0.717, 1.165) is 24.1 Å². The molecule has 0 saturated heterocycles. The summed E-state index contributed by atoms with van der Waals surface area (Å²) < 4.78 is 0. The van der Waals surface area contributed by atoms with Crippen molar-refractivity contribution < 1.29 is 4.79 Å². The average Bonchev–Trinajstić information content (AvgIpc) is 2.47. The Labute approximate surface area is 125 Å². The Bertz CT molecular complexity index is 634. The Hall–Kier alpha value is -2.80. The number of hydrogen-bond acceptors (Lipinski definition) is 4. The molecule has 0 aromatic heterocycles. The minimum absolute atomic E-state index is 0.489. The second kappa shape index (κ2) is 8.39.